The molecule has 0 heterocycles. The molecule has 92 valence electrons. The minimum absolute atomic E-state index is 0.106. The maximum atomic E-state index is 11.3. The number of hydrogen-bond acceptors (Lipinski definition) is 3. The fourth-order valence-electron chi connectivity index (χ4n) is 3.48. The van der Waals surface area contributed by atoms with E-state index in [4.69, 9.17) is 4.74 Å². The number of hydrogen-bond donors (Lipinski definition) is 0. The average Bonchev–Trinajstić information content (AvgIpc) is 2.89. The molecular weight excluding hydrogens is 202 g/mol. The highest BCUT2D eigenvalue weighted by atomic mass is 16.5. The topological polar surface area (TPSA) is 29.5 Å². The van der Waals surface area contributed by atoms with Crippen LogP contribution in [-0.2, 0) is 9.53 Å². The van der Waals surface area contributed by atoms with Crippen molar-refractivity contribution in [3.8, 4) is 0 Å². The van der Waals surface area contributed by atoms with Gasteiger partial charge < -0.3 is 4.74 Å². The Morgan fingerprint density at radius 3 is 2.69 bits per heavy atom. The molecule has 2 aliphatic rings. The first-order chi connectivity index (χ1) is 7.72. The second-order valence-electron chi connectivity index (χ2n) is 5.34. The van der Waals surface area contributed by atoms with Gasteiger partial charge in [-0.15, -0.1) is 0 Å². The smallest absolute Gasteiger partial charge is 0.319 e. The first kappa shape index (κ1) is 11.9. The summed E-state index contributed by atoms with van der Waals surface area (Å²) in [6, 6.07) is 0. The SMILES string of the molecule is CCN(CC(=O)OC)CC1CC2CCC1C2. The Balaban J connectivity index is 1.80. The normalized spacial score (nSPS) is 32.3. The summed E-state index contributed by atoms with van der Waals surface area (Å²) in [6.07, 6.45) is 5.71. The molecule has 3 unspecified atom stereocenters. The van der Waals surface area contributed by atoms with E-state index in [2.05, 4.69) is 11.8 Å². The van der Waals surface area contributed by atoms with E-state index >= 15 is 0 Å². The fraction of sp³-hybridized carbons (Fsp3) is 0.923. The molecule has 0 aromatic carbocycles. The molecule has 3 atom stereocenters. The molecule has 0 saturated heterocycles. The van der Waals surface area contributed by atoms with Gasteiger partial charge in [0.2, 0.25) is 0 Å². The van der Waals surface area contributed by atoms with Crippen LogP contribution in [0.2, 0.25) is 0 Å². The maximum Gasteiger partial charge on any atom is 0.319 e. The Hall–Kier alpha value is -0.570. The van der Waals surface area contributed by atoms with Gasteiger partial charge in [0.1, 0.15) is 0 Å². The molecule has 3 heteroatoms. The van der Waals surface area contributed by atoms with Crippen molar-refractivity contribution in [3.05, 3.63) is 0 Å². The molecule has 0 N–H and O–H groups in total. The number of likely N-dealkylation sites (N-methyl/N-ethyl adjacent to an activating group) is 1. The molecule has 0 aromatic rings. The number of esters is 1. The van der Waals surface area contributed by atoms with Gasteiger partial charge in [0.05, 0.1) is 13.7 Å². The van der Waals surface area contributed by atoms with E-state index in [1.807, 2.05) is 0 Å². The van der Waals surface area contributed by atoms with Crippen LogP contribution in [0, 0.1) is 17.8 Å². The minimum atomic E-state index is -0.106. The standard InChI is InChI=1S/C13H23NO2/c1-3-14(9-13(15)16-2)8-12-7-10-4-5-11(12)6-10/h10-12H,3-9H2,1-2H3. The first-order valence-corrected chi connectivity index (χ1v) is 6.52. The summed E-state index contributed by atoms with van der Waals surface area (Å²) in [5, 5.41) is 0. The lowest BCUT2D eigenvalue weighted by Gasteiger charge is -2.28. The first-order valence-electron chi connectivity index (χ1n) is 6.52. The van der Waals surface area contributed by atoms with Crippen molar-refractivity contribution in [2.75, 3.05) is 26.7 Å². The second kappa shape index (κ2) is 5.17. The highest BCUT2D eigenvalue weighted by Crippen LogP contribution is 2.48. The highest BCUT2D eigenvalue weighted by molar-refractivity contribution is 5.71. The quantitative estimate of drug-likeness (QED) is 0.669. The van der Waals surface area contributed by atoms with Crippen molar-refractivity contribution in [2.45, 2.75) is 32.6 Å². The third kappa shape index (κ3) is 2.57. The third-order valence-electron chi connectivity index (χ3n) is 4.40. The summed E-state index contributed by atoms with van der Waals surface area (Å²) in [5.41, 5.74) is 0. The number of fused-ring (bicyclic) bond motifs is 2. The molecule has 2 aliphatic carbocycles. The Bertz CT molecular complexity index is 254. The van der Waals surface area contributed by atoms with E-state index in [-0.39, 0.29) is 5.97 Å². The van der Waals surface area contributed by atoms with Gasteiger partial charge in [0.25, 0.3) is 0 Å². The number of ether oxygens (including phenoxy) is 1. The lowest BCUT2D eigenvalue weighted by Crippen LogP contribution is -2.36. The van der Waals surface area contributed by atoms with E-state index in [9.17, 15) is 4.79 Å². The second-order valence-corrected chi connectivity index (χ2v) is 5.34. The summed E-state index contributed by atoms with van der Waals surface area (Å²) in [5.74, 6) is 2.66. The molecule has 2 rings (SSSR count). The van der Waals surface area contributed by atoms with Crippen molar-refractivity contribution in [1.82, 2.24) is 4.90 Å². The van der Waals surface area contributed by atoms with Crippen LogP contribution in [0.1, 0.15) is 32.6 Å². The Kier molecular flexibility index (Phi) is 3.85. The Labute approximate surface area is 98.1 Å². The highest BCUT2D eigenvalue weighted by Gasteiger charge is 2.39. The van der Waals surface area contributed by atoms with Gasteiger partial charge in [-0.3, -0.25) is 9.69 Å². The summed E-state index contributed by atoms with van der Waals surface area (Å²) < 4.78 is 4.73. The van der Waals surface area contributed by atoms with Crippen LogP contribution in [0.4, 0.5) is 0 Å². The van der Waals surface area contributed by atoms with Crippen LogP contribution in [0.15, 0.2) is 0 Å². The molecule has 3 nitrogen and oxygen atoms in total. The van der Waals surface area contributed by atoms with Crippen LogP contribution < -0.4 is 0 Å². The fourth-order valence-corrected chi connectivity index (χ4v) is 3.48. The lowest BCUT2D eigenvalue weighted by molar-refractivity contribution is -0.142. The zero-order valence-electron chi connectivity index (χ0n) is 10.4. The van der Waals surface area contributed by atoms with Crippen LogP contribution >= 0.6 is 0 Å². The summed E-state index contributed by atoms with van der Waals surface area (Å²) in [6.45, 7) is 4.62. The minimum Gasteiger partial charge on any atom is -0.468 e. The van der Waals surface area contributed by atoms with Crippen LogP contribution in [0.5, 0.6) is 0 Å². The zero-order valence-corrected chi connectivity index (χ0v) is 10.4. The molecule has 0 amide bonds. The summed E-state index contributed by atoms with van der Waals surface area (Å²) in [4.78, 5) is 13.5. The molecule has 2 saturated carbocycles. The van der Waals surface area contributed by atoms with Gasteiger partial charge in [0.15, 0.2) is 0 Å². The molecule has 2 fully saturated rings. The maximum absolute atomic E-state index is 11.3. The average molecular weight is 225 g/mol. The van der Waals surface area contributed by atoms with Crippen LogP contribution in [-0.4, -0.2) is 37.6 Å². The van der Waals surface area contributed by atoms with E-state index in [1.54, 1.807) is 0 Å². The molecule has 0 spiro atoms. The van der Waals surface area contributed by atoms with Gasteiger partial charge in [-0.05, 0) is 43.6 Å². The zero-order chi connectivity index (χ0) is 11.5. The summed E-state index contributed by atoms with van der Waals surface area (Å²) >= 11 is 0. The number of carbonyl (C=O) groups excluding carboxylic acids is 1. The molecular formula is C13H23NO2. The van der Waals surface area contributed by atoms with Crippen LogP contribution in [0.3, 0.4) is 0 Å². The monoisotopic (exact) mass is 225 g/mol. The van der Waals surface area contributed by atoms with Crippen molar-refractivity contribution in [2.24, 2.45) is 17.8 Å². The largest absolute Gasteiger partial charge is 0.468 e. The van der Waals surface area contributed by atoms with Gasteiger partial charge >= 0.3 is 5.97 Å². The van der Waals surface area contributed by atoms with Gasteiger partial charge in [0, 0.05) is 6.54 Å². The number of carbonyl (C=O) groups is 1. The van der Waals surface area contributed by atoms with Gasteiger partial charge in [-0.2, -0.15) is 0 Å². The number of methoxy groups -OCH3 is 1. The van der Waals surface area contributed by atoms with Crippen molar-refractivity contribution >= 4 is 5.97 Å². The van der Waals surface area contributed by atoms with Gasteiger partial charge in [-0.25, -0.2) is 0 Å². The molecule has 0 aromatic heterocycles. The Morgan fingerprint density at radius 1 is 1.38 bits per heavy atom. The molecule has 0 radical (unpaired) electrons. The number of nitrogens with zero attached hydrogens (tertiary/aromatic N) is 1. The summed E-state index contributed by atoms with van der Waals surface area (Å²) in [7, 11) is 1.47. The van der Waals surface area contributed by atoms with E-state index in [0.717, 1.165) is 30.8 Å². The molecule has 0 aliphatic heterocycles. The van der Waals surface area contributed by atoms with E-state index in [1.165, 1.54) is 32.8 Å². The predicted molar refractivity (Wildman–Crippen MR) is 63.1 cm³/mol. The third-order valence-corrected chi connectivity index (χ3v) is 4.40. The lowest BCUT2D eigenvalue weighted by atomic mass is 9.88. The Morgan fingerprint density at radius 2 is 2.19 bits per heavy atom. The van der Waals surface area contributed by atoms with E-state index in [0.29, 0.717) is 6.54 Å². The molecule has 2 bridgehead atoms. The van der Waals surface area contributed by atoms with Crippen LogP contribution in [0.25, 0.3) is 0 Å². The van der Waals surface area contributed by atoms with E-state index < -0.39 is 0 Å². The van der Waals surface area contributed by atoms with Crippen molar-refractivity contribution in [1.29, 1.82) is 0 Å². The molecule has 16 heavy (non-hydrogen) atoms. The van der Waals surface area contributed by atoms with Crippen molar-refractivity contribution < 1.29 is 9.53 Å². The van der Waals surface area contributed by atoms with Crippen molar-refractivity contribution in [3.63, 3.8) is 0 Å². The van der Waals surface area contributed by atoms with Gasteiger partial charge in [-0.1, -0.05) is 13.3 Å². The number of rotatable bonds is 5. The predicted octanol–water partition coefficient (Wildman–Crippen LogP) is 1.92.